The average molecular weight is 451 g/mol. The van der Waals surface area contributed by atoms with Gasteiger partial charge in [0.25, 0.3) is 10.0 Å². The van der Waals surface area contributed by atoms with Gasteiger partial charge in [0.05, 0.1) is 36.2 Å². The van der Waals surface area contributed by atoms with Crippen molar-refractivity contribution >= 4 is 42.2 Å². The maximum Gasteiger partial charge on any atom is 0.262 e. The van der Waals surface area contributed by atoms with E-state index in [0.717, 1.165) is 6.26 Å². The quantitative estimate of drug-likeness (QED) is 0.544. The van der Waals surface area contributed by atoms with E-state index < -0.39 is 20.0 Å². The Morgan fingerprint density at radius 1 is 0.867 bits per heavy atom. The molecule has 0 aliphatic rings. The molecule has 160 valence electrons. The van der Waals surface area contributed by atoms with Gasteiger partial charge in [-0.3, -0.25) is 9.44 Å². The molecule has 0 fully saturated rings. The lowest BCUT2D eigenvalue weighted by Crippen LogP contribution is -2.17. The lowest BCUT2D eigenvalue weighted by atomic mass is 10.1. The van der Waals surface area contributed by atoms with Gasteiger partial charge in [-0.15, -0.1) is 0 Å². The van der Waals surface area contributed by atoms with E-state index in [1.54, 1.807) is 30.3 Å². The minimum Gasteiger partial charge on any atom is -0.497 e. The van der Waals surface area contributed by atoms with Crippen molar-refractivity contribution < 1.29 is 26.3 Å². The monoisotopic (exact) mass is 450 g/mol. The smallest absolute Gasteiger partial charge is 0.262 e. The van der Waals surface area contributed by atoms with Crippen LogP contribution in [-0.2, 0) is 20.0 Å². The Balaban J connectivity index is 2.11. The predicted octanol–water partition coefficient (Wildman–Crippen LogP) is 3.42. The van der Waals surface area contributed by atoms with E-state index in [1.165, 1.54) is 31.4 Å². The van der Waals surface area contributed by atoms with Crippen molar-refractivity contribution in [2.45, 2.75) is 11.8 Å². The molecule has 0 atom stereocenters. The number of sulfonamides is 2. The highest BCUT2D eigenvalue weighted by molar-refractivity contribution is 7.93. The third-order valence-corrected chi connectivity index (χ3v) is 6.21. The first kappa shape index (κ1) is 21.7. The number of nitrogens with one attached hydrogen (secondary N) is 2. The Hall–Kier alpha value is -2.98. The average Bonchev–Trinajstić information content (AvgIpc) is 2.68. The molecular weight excluding hydrogens is 428 g/mol. The molecule has 30 heavy (non-hydrogen) atoms. The summed E-state index contributed by atoms with van der Waals surface area (Å²) < 4.78 is 65.4. The van der Waals surface area contributed by atoms with Crippen molar-refractivity contribution in [2.75, 3.05) is 29.4 Å². The van der Waals surface area contributed by atoms with Crippen molar-refractivity contribution in [3.63, 3.8) is 0 Å². The first-order chi connectivity index (χ1) is 14.1. The molecule has 3 aromatic carbocycles. The molecule has 0 aromatic heterocycles. The van der Waals surface area contributed by atoms with Crippen LogP contribution in [0.25, 0.3) is 10.8 Å². The van der Waals surface area contributed by atoms with Crippen LogP contribution >= 0.6 is 0 Å². The van der Waals surface area contributed by atoms with Gasteiger partial charge in [0.1, 0.15) is 11.5 Å². The predicted molar refractivity (Wildman–Crippen MR) is 117 cm³/mol. The van der Waals surface area contributed by atoms with Crippen LogP contribution in [0.3, 0.4) is 0 Å². The van der Waals surface area contributed by atoms with Crippen LogP contribution < -0.4 is 18.9 Å². The van der Waals surface area contributed by atoms with Gasteiger partial charge < -0.3 is 9.47 Å². The number of anilines is 2. The lowest BCUT2D eigenvalue weighted by molar-refractivity contribution is 0.344. The van der Waals surface area contributed by atoms with Gasteiger partial charge in [-0.25, -0.2) is 16.8 Å². The molecule has 0 saturated carbocycles. The molecule has 0 radical (unpaired) electrons. The van der Waals surface area contributed by atoms with Crippen molar-refractivity contribution in [3.8, 4) is 11.5 Å². The third kappa shape index (κ3) is 4.77. The zero-order chi connectivity index (χ0) is 21.9. The summed E-state index contributed by atoms with van der Waals surface area (Å²) in [5, 5.41) is 1.14. The van der Waals surface area contributed by atoms with Gasteiger partial charge in [0, 0.05) is 16.8 Å². The van der Waals surface area contributed by atoms with E-state index in [0.29, 0.717) is 28.9 Å². The van der Waals surface area contributed by atoms with E-state index >= 15 is 0 Å². The number of ether oxygens (including phenoxy) is 2. The standard InChI is InChI=1S/C20H22N2O6S2/c1-4-28-19-11-12-20(16-8-6-5-7-15(16)19)30(25,26)22-18-13-14(27-2)9-10-17(18)21-29(3,23)24/h5-13,21-22H,4H2,1-3H3. The minimum absolute atomic E-state index is 0.0367. The van der Waals surface area contributed by atoms with Crippen LogP contribution in [0.4, 0.5) is 11.4 Å². The summed E-state index contributed by atoms with van der Waals surface area (Å²) in [5.41, 5.74) is 0.120. The summed E-state index contributed by atoms with van der Waals surface area (Å²) in [5.74, 6) is 0.941. The molecule has 0 aliphatic heterocycles. The van der Waals surface area contributed by atoms with Gasteiger partial charge in [-0.05, 0) is 31.2 Å². The van der Waals surface area contributed by atoms with Gasteiger partial charge in [-0.1, -0.05) is 24.3 Å². The molecule has 0 bridgehead atoms. The Labute approximate surface area is 175 Å². The highest BCUT2D eigenvalue weighted by Crippen LogP contribution is 2.34. The number of hydrogen-bond donors (Lipinski definition) is 2. The van der Waals surface area contributed by atoms with E-state index in [2.05, 4.69) is 9.44 Å². The summed E-state index contributed by atoms with van der Waals surface area (Å²) in [6.07, 6.45) is 0.982. The molecule has 0 spiro atoms. The highest BCUT2D eigenvalue weighted by Gasteiger charge is 2.21. The molecule has 0 aliphatic carbocycles. The highest BCUT2D eigenvalue weighted by atomic mass is 32.2. The number of fused-ring (bicyclic) bond motifs is 1. The van der Waals surface area contributed by atoms with E-state index in [4.69, 9.17) is 9.47 Å². The second-order valence-corrected chi connectivity index (χ2v) is 9.83. The Kier molecular flexibility index (Phi) is 6.09. The second kappa shape index (κ2) is 8.41. The number of hydrogen-bond acceptors (Lipinski definition) is 6. The van der Waals surface area contributed by atoms with Gasteiger partial charge in [-0.2, -0.15) is 0 Å². The molecule has 10 heteroatoms. The zero-order valence-corrected chi connectivity index (χ0v) is 18.3. The van der Waals surface area contributed by atoms with E-state index in [-0.39, 0.29) is 16.3 Å². The Morgan fingerprint density at radius 2 is 1.57 bits per heavy atom. The minimum atomic E-state index is -4.07. The van der Waals surface area contributed by atoms with Crippen molar-refractivity contribution in [1.82, 2.24) is 0 Å². The van der Waals surface area contributed by atoms with Crippen molar-refractivity contribution in [2.24, 2.45) is 0 Å². The van der Waals surface area contributed by atoms with Crippen LogP contribution in [0, 0.1) is 0 Å². The molecule has 3 aromatic rings. The lowest BCUT2D eigenvalue weighted by Gasteiger charge is -2.16. The number of rotatable bonds is 8. The van der Waals surface area contributed by atoms with Crippen LogP contribution in [-0.4, -0.2) is 36.8 Å². The first-order valence-electron chi connectivity index (χ1n) is 8.98. The summed E-state index contributed by atoms with van der Waals surface area (Å²) in [4.78, 5) is 0.0367. The van der Waals surface area contributed by atoms with Gasteiger partial charge >= 0.3 is 0 Å². The fourth-order valence-corrected chi connectivity index (χ4v) is 4.84. The van der Waals surface area contributed by atoms with Crippen LogP contribution in [0.5, 0.6) is 11.5 Å². The second-order valence-electron chi connectivity index (χ2n) is 6.43. The normalized spacial score (nSPS) is 11.8. The summed E-state index contributed by atoms with van der Waals surface area (Å²) in [6, 6.07) is 14.4. The molecule has 0 heterocycles. The van der Waals surface area contributed by atoms with Crippen LogP contribution in [0.15, 0.2) is 59.5 Å². The zero-order valence-electron chi connectivity index (χ0n) is 16.7. The number of methoxy groups -OCH3 is 1. The molecule has 0 saturated heterocycles. The third-order valence-electron chi connectivity index (χ3n) is 4.20. The Bertz CT molecular complexity index is 1290. The maximum absolute atomic E-state index is 13.2. The fourth-order valence-electron chi connectivity index (χ4n) is 2.98. The summed E-state index contributed by atoms with van der Waals surface area (Å²) in [6.45, 7) is 2.29. The molecule has 3 rings (SSSR count). The largest absolute Gasteiger partial charge is 0.497 e. The molecule has 2 N–H and O–H groups in total. The van der Waals surface area contributed by atoms with Crippen molar-refractivity contribution in [3.05, 3.63) is 54.6 Å². The van der Waals surface area contributed by atoms with Crippen LogP contribution in [0.1, 0.15) is 6.92 Å². The summed E-state index contributed by atoms with van der Waals surface area (Å²) in [7, 11) is -6.27. The van der Waals surface area contributed by atoms with Gasteiger partial charge in [0.15, 0.2) is 0 Å². The number of benzene rings is 3. The van der Waals surface area contributed by atoms with E-state index in [9.17, 15) is 16.8 Å². The molecule has 0 amide bonds. The molecular formula is C20H22N2O6S2. The molecule has 8 nitrogen and oxygen atoms in total. The first-order valence-corrected chi connectivity index (χ1v) is 12.4. The maximum atomic E-state index is 13.2. The fraction of sp³-hybridized carbons (Fsp3) is 0.200. The summed E-state index contributed by atoms with van der Waals surface area (Å²) >= 11 is 0. The van der Waals surface area contributed by atoms with E-state index in [1.807, 2.05) is 6.92 Å². The Morgan fingerprint density at radius 3 is 2.20 bits per heavy atom. The topological polar surface area (TPSA) is 111 Å². The SMILES string of the molecule is CCOc1ccc(S(=O)(=O)Nc2cc(OC)ccc2NS(C)(=O)=O)c2ccccc12. The molecule has 0 unspecified atom stereocenters. The van der Waals surface area contributed by atoms with Gasteiger partial charge in [0.2, 0.25) is 10.0 Å². The van der Waals surface area contributed by atoms with Crippen LogP contribution in [0.2, 0.25) is 0 Å². The van der Waals surface area contributed by atoms with Crippen molar-refractivity contribution in [1.29, 1.82) is 0 Å².